The predicted molar refractivity (Wildman–Crippen MR) is 101 cm³/mol. The first-order chi connectivity index (χ1) is 13.3. The third-order valence-electron chi connectivity index (χ3n) is 4.24. The minimum atomic E-state index is -4.48. The van der Waals surface area contributed by atoms with Gasteiger partial charge in [-0.15, -0.1) is 11.3 Å². The molecule has 3 aromatic rings. The highest BCUT2D eigenvalue weighted by molar-refractivity contribution is 7.13. The topological polar surface area (TPSA) is 63.2 Å². The molecule has 144 valence electrons. The summed E-state index contributed by atoms with van der Waals surface area (Å²) < 4.78 is 45.3. The van der Waals surface area contributed by atoms with E-state index < -0.39 is 17.8 Å². The molecule has 5 nitrogen and oxygen atoms in total. The second-order valence-corrected chi connectivity index (χ2v) is 7.08. The van der Waals surface area contributed by atoms with E-state index in [4.69, 9.17) is 4.74 Å². The molecule has 1 aromatic heterocycles. The maximum absolute atomic E-state index is 13.3. The molecule has 0 fully saturated rings. The lowest BCUT2D eigenvalue weighted by molar-refractivity contribution is -0.137. The molecule has 1 amide bonds. The summed E-state index contributed by atoms with van der Waals surface area (Å²) in [6.45, 7) is 1.62. The van der Waals surface area contributed by atoms with Gasteiger partial charge in [0.25, 0.3) is 5.91 Å². The molecular weight excluding hydrogens is 391 g/mol. The smallest absolute Gasteiger partial charge is 0.416 e. The van der Waals surface area contributed by atoms with E-state index in [1.54, 1.807) is 36.7 Å². The van der Waals surface area contributed by atoms with Crippen molar-refractivity contribution in [3.05, 3.63) is 53.5 Å². The van der Waals surface area contributed by atoms with Crippen molar-refractivity contribution in [2.24, 2.45) is 0 Å². The molecule has 2 heterocycles. The van der Waals surface area contributed by atoms with Crippen LogP contribution in [0.25, 0.3) is 11.1 Å². The summed E-state index contributed by atoms with van der Waals surface area (Å²) in [6.07, 6.45) is -3.51. The molecule has 0 aliphatic carbocycles. The summed E-state index contributed by atoms with van der Waals surface area (Å²) in [5.74, 6) is 0.159. The number of nitrogens with one attached hydrogen (secondary N) is 2. The predicted octanol–water partition coefficient (Wildman–Crippen LogP) is 5.29. The molecule has 9 heteroatoms. The van der Waals surface area contributed by atoms with Gasteiger partial charge in [0.05, 0.1) is 11.3 Å². The quantitative estimate of drug-likeness (QED) is 0.621. The van der Waals surface area contributed by atoms with E-state index in [1.807, 2.05) is 0 Å². The van der Waals surface area contributed by atoms with Crippen LogP contribution in [0, 0.1) is 0 Å². The van der Waals surface area contributed by atoms with Crippen molar-refractivity contribution in [1.29, 1.82) is 0 Å². The van der Waals surface area contributed by atoms with Gasteiger partial charge < -0.3 is 15.4 Å². The van der Waals surface area contributed by atoms with E-state index in [-0.39, 0.29) is 5.91 Å². The zero-order chi connectivity index (χ0) is 19.9. The molecular formula is C19H14F3N3O2S. The van der Waals surface area contributed by atoms with E-state index in [1.165, 1.54) is 17.4 Å². The molecule has 4 rings (SSSR count). The van der Waals surface area contributed by atoms with Gasteiger partial charge in [-0.1, -0.05) is 6.07 Å². The first-order valence-corrected chi connectivity index (χ1v) is 9.19. The van der Waals surface area contributed by atoms with Crippen LogP contribution >= 0.6 is 11.3 Å². The first-order valence-electron chi connectivity index (χ1n) is 8.31. The lowest BCUT2D eigenvalue weighted by Gasteiger charge is -2.24. The number of halogens is 3. The van der Waals surface area contributed by atoms with Crippen molar-refractivity contribution in [3.8, 4) is 16.9 Å². The number of anilines is 3. The Morgan fingerprint density at radius 2 is 2.04 bits per heavy atom. The third kappa shape index (κ3) is 3.53. The standard InChI is InChI=1S/C19H14F3N3O2S/c1-10-17(26)24-15-8-11(2-5-16(15)27-10)13-9-12(19(20,21)22)3-4-14(13)25-18-23-6-7-28-18/h2-10H,1H3,(H,23,25)(H,24,26). The SMILES string of the molecule is CC1Oc2ccc(-c3cc(C(F)(F)F)ccc3Nc3nccs3)cc2NC1=O. The lowest BCUT2D eigenvalue weighted by atomic mass is 9.99. The Labute approximate surface area is 162 Å². The summed E-state index contributed by atoms with van der Waals surface area (Å²) in [5.41, 5.74) is 0.958. The number of hydrogen-bond acceptors (Lipinski definition) is 5. The minimum absolute atomic E-state index is 0.310. The second kappa shape index (κ2) is 6.83. The van der Waals surface area contributed by atoms with Gasteiger partial charge in [0.15, 0.2) is 11.2 Å². The van der Waals surface area contributed by atoms with Crippen molar-refractivity contribution in [2.45, 2.75) is 19.2 Å². The van der Waals surface area contributed by atoms with Crippen LogP contribution in [0.2, 0.25) is 0 Å². The average molecular weight is 405 g/mol. The largest absolute Gasteiger partial charge is 0.479 e. The summed E-state index contributed by atoms with van der Waals surface area (Å²) >= 11 is 1.33. The fraction of sp³-hybridized carbons (Fsp3) is 0.158. The van der Waals surface area contributed by atoms with E-state index in [0.29, 0.717) is 33.4 Å². The number of carbonyl (C=O) groups excluding carboxylic acids is 1. The van der Waals surface area contributed by atoms with Gasteiger partial charge in [0, 0.05) is 22.8 Å². The van der Waals surface area contributed by atoms with Gasteiger partial charge in [-0.05, 0) is 42.8 Å². The Morgan fingerprint density at radius 1 is 1.21 bits per heavy atom. The maximum Gasteiger partial charge on any atom is 0.416 e. The number of benzene rings is 2. The Hall–Kier alpha value is -3.07. The van der Waals surface area contributed by atoms with Crippen LogP contribution in [-0.4, -0.2) is 17.0 Å². The number of aromatic nitrogens is 1. The number of fused-ring (bicyclic) bond motifs is 1. The van der Waals surface area contributed by atoms with Crippen LogP contribution in [0.4, 0.5) is 29.7 Å². The van der Waals surface area contributed by atoms with Crippen LogP contribution < -0.4 is 15.4 Å². The summed E-state index contributed by atoms with van der Waals surface area (Å²) in [4.78, 5) is 16.0. The number of thiazole rings is 1. The number of hydrogen-bond donors (Lipinski definition) is 2. The zero-order valence-electron chi connectivity index (χ0n) is 14.5. The van der Waals surface area contributed by atoms with E-state index in [2.05, 4.69) is 15.6 Å². The molecule has 1 aliphatic rings. The van der Waals surface area contributed by atoms with Gasteiger partial charge in [0.2, 0.25) is 0 Å². The van der Waals surface area contributed by atoms with Gasteiger partial charge in [-0.2, -0.15) is 13.2 Å². The van der Waals surface area contributed by atoms with Gasteiger partial charge in [0.1, 0.15) is 5.75 Å². The maximum atomic E-state index is 13.3. The number of nitrogens with zero attached hydrogens (tertiary/aromatic N) is 1. The highest BCUT2D eigenvalue weighted by Gasteiger charge is 2.31. The molecule has 0 saturated carbocycles. The average Bonchev–Trinajstić information content (AvgIpc) is 3.15. The molecule has 2 aromatic carbocycles. The van der Waals surface area contributed by atoms with Crippen molar-refractivity contribution in [3.63, 3.8) is 0 Å². The Morgan fingerprint density at radius 3 is 2.75 bits per heavy atom. The number of carbonyl (C=O) groups is 1. The summed E-state index contributed by atoms with van der Waals surface area (Å²) in [5, 5.41) is 8.08. The Bertz CT molecular complexity index is 1040. The number of amides is 1. The first kappa shape index (κ1) is 18.3. The van der Waals surface area contributed by atoms with Crippen molar-refractivity contribution in [1.82, 2.24) is 4.98 Å². The molecule has 0 saturated heterocycles. The van der Waals surface area contributed by atoms with Gasteiger partial charge in [-0.3, -0.25) is 4.79 Å². The van der Waals surface area contributed by atoms with E-state index in [0.717, 1.165) is 12.1 Å². The van der Waals surface area contributed by atoms with Crippen molar-refractivity contribution in [2.75, 3.05) is 10.6 Å². The van der Waals surface area contributed by atoms with Gasteiger partial charge in [-0.25, -0.2) is 4.98 Å². The summed E-state index contributed by atoms with van der Waals surface area (Å²) in [6, 6.07) is 8.35. The fourth-order valence-electron chi connectivity index (χ4n) is 2.85. The Kier molecular flexibility index (Phi) is 4.46. The highest BCUT2D eigenvalue weighted by atomic mass is 32.1. The molecule has 0 radical (unpaired) electrons. The van der Waals surface area contributed by atoms with Crippen molar-refractivity contribution < 1.29 is 22.7 Å². The normalized spacial score (nSPS) is 16.1. The monoisotopic (exact) mass is 405 g/mol. The Balaban J connectivity index is 1.80. The van der Waals surface area contributed by atoms with E-state index in [9.17, 15) is 18.0 Å². The lowest BCUT2D eigenvalue weighted by Crippen LogP contribution is -2.34. The molecule has 0 bridgehead atoms. The van der Waals surface area contributed by atoms with E-state index >= 15 is 0 Å². The molecule has 0 spiro atoms. The molecule has 1 unspecified atom stereocenters. The second-order valence-electron chi connectivity index (χ2n) is 6.18. The zero-order valence-corrected chi connectivity index (χ0v) is 15.3. The van der Waals surface area contributed by atoms with Crippen LogP contribution in [-0.2, 0) is 11.0 Å². The van der Waals surface area contributed by atoms with Crippen LogP contribution in [0.5, 0.6) is 5.75 Å². The molecule has 2 N–H and O–H groups in total. The summed E-state index contributed by atoms with van der Waals surface area (Å²) in [7, 11) is 0. The highest BCUT2D eigenvalue weighted by Crippen LogP contribution is 2.40. The number of ether oxygens (including phenoxy) is 1. The minimum Gasteiger partial charge on any atom is -0.479 e. The molecule has 1 aliphatic heterocycles. The van der Waals surface area contributed by atoms with Crippen LogP contribution in [0.1, 0.15) is 12.5 Å². The van der Waals surface area contributed by atoms with Gasteiger partial charge >= 0.3 is 6.18 Å². The van der Waals surface area contributed by atoms with Crippen LogP contribution in [0.15, 0.2) is 48.0 Å². The van der Waals surface area contributed by atoms with Crippen molar-refractivity contribution >= 4 is 33.8 Å². The number of alkyl halides is 3. The molecule has 1 atom stereocenters. The molecule has 28 heavy (non-hydrogen) atoms. The van der Waals surface area contributed by atoms with Crippen LogP contribution in [0.3, 0.4) is 0 Å². The number of rotatable bonds is 3. The third-order valence-corrected chi connectivity index (χ3v) is 4.93. The fourth-order valence-corrected chi connectivity index (χ4v) is 3.39.